The van der Waals surface area contributed by atoms with Gasteiger partial charge in [0, 0.05) is 18.7 Å². The predicted molar refractivity (Wildman–Crippen MR) is 67.0 cm³/mol. The first-order valence-electron chi connectivity index (χ1n) is 5.99. The first kappa shape index (κ1) is 13.5. The second-order valence-corrected chi connectivity index (χ2v) is 4.19. The van der Waals surface area contributed by atoms with E-state index in [4.69, 9.17) is 4.42 Å². The van der Waals surface area contributed by atoms with E-state index in [1.165, 1.54) is 6.07 Å². The van der Waals surface area contributed by atoms with Crippen LogP contribution in [0.3, 0.4) is 0 Å². The number of hydrogen-bond donors (Lipinski definition) is 1. The predicted octanol–water partition coefficient (Wildman–Crippen LogP) is 4.34. The van der Waals surface area contributed by atoms with Crippen LogP contribution in [0.4, 0.5) is 18.9 Å². The molecule has 0 saturated heterocycles. The summed E-state index contributed by atoms with van der Waals surface area (Å²) in [6.45, 7) is 0.599. The van der Waals surface area contributed by atoms with E-state index in [0.717, 1.165) is 30.7 Å². The van der Waals surface area contributed by atoms with Gasteiger partial charge in [-0.3, -0.25) is 0 Å². The number of alkyl halides is 3. The molecule has 0 bridgehead atoms. The van der Waals surface area contributed by atoms with Crippen molar-refractivity contribution in [2.45, 2.75) is 19.0 Å². The Kier molecular flexibility index (Phi) is 4.14. The van der Waals surface area contributed by atoms with Gasteiger partial charge in [0.2, 0.25) is 0 Å². The molecule has 2 rings (SSSR count). The first-order valence-corrected chi connectivity index (χ1v) is 5.99. The van der Waals surface area contributed by atoms with Crippen molar-refractivity contribution in [2.24, 2.45) is 0 Å². The largest absolute Gasteiger partial charge is 0.469 e. The summed E-state index contributed by atoms with van der Waals surface area (Å²) in [6, 6.07) is 8.90. The molecule has 0 radical (unpaired) electrons. The molecule has 0 aliphatic carbocycles. The molecule has 0 amide bonds. The molecule has 0 fully saturated rings. The van der Waals surface area contributed by atoms with E-state index in [1.807, 2.05) is 12.1 Å². The molecule has 102 valence electrons. The molecule has 5 heteroatoms. The Labute approximate surface area is 109 Å². The number of nitrogens with one attached hydrogen (secondary N) is 1. The number of anilines is 1. The van der Waals surface area contributed by atoms with Crippen LogP contribution in [0.25, 0.3) is 0 Å². The van der Waals surface area contributed by atoms with Crippen LogP contribution in [-0.4, -0.2) is 6.54 Å². The molecule has 1 N–H and O–H groups in total. The molecule has 0 unspecified atom stereocenters. The van der Waals surface area contributed by atoms with E-state index in [-0.39, 0.29) is 0 Å². The Morgan fingerprint density at radius 1 is 1.11 bits per heavy atom. The van der Waals surface area contributed by atoms with Gasteiger partial charge in [-0.2, -0.15) is 13.2 Å². The van der Waals surface area contributed by atoms with Crippen molar-refractivity contribution in [3.05, 3.63) is 54.0 Å². The van der Waals surface area contributed by atoms with Gasteiger partial charge in [-0.15, -0.1) is 0 Å². The zero-order valence-corrected chi connectivity index (χ0v) is 10.2. The van der Waals surface area contributed by atoms with Crippen LogP contribution in [0.1, 0.15) is 17.7 Å². The van der Waals surface area contributed by atoms with E-state index < -0.39 is 11.7 Å². The fraction of sp³-hybridized carbons (Fsp3) is 0.286. The summed E-state index contributed by atoms with van der Waals surface area (Å²) in [5, 5.41) is 2.98. The summed E-state index contributed by atoms with van der Waals surface area (Å²) in [5.41, 5.74) is -0.155. The fourth-order valence-electron chi connectivity index (χ4n) is 1.76. The van der Waals surface area contributed by atoms with E-state index >= 15 is 0 Å². The lowest BCUT2D eigenvalue weighted by atomic mass is 10.2. The summed E-state index contributed by atoms with van der Waals surface area (Å²) in [5.74, 6) is 0.880. The number of benzene rings is 1. The standard InChI is InChI=1S/C14H14F3NO/c15-14(16,17)11-4-1-5-12(10-11)18-8-2-6-13-7-3-9-19-13/h1,3-5,7,9-10,18H,2,6,8H2. The third-order valence-electron chi connectivity index (χ3n) is 2.70. The summed E-state index contributed by atoms with van der Waals surface area (Å²) in [4.78, 5) is 0. The lowest BCUT2D eigenvalue weighted by Crippen LogP contribution is -2.07. The third kappa shape index (κ3) is 4.05. The second-order valence-electron chi connectivity index (χ2n) is 4.19. The number of hydrogen-bond acceptors (Lipinski definition) is 2. The van der Waals surface area contributed by atoms with Crippen molar-refractivity contribution in [1.82, 2.24) is 0 Å². The Hall–Kier alpha value is -1.91. The zero-order valence-electron chi connectivity index (χ0n) is 10.2. The van der Waals surface area contributed by atoms with Crippen LogP contribution < -0.4 is 5.32 Å². The average molecular weight is 269 g/mol. The maximum Gasteiger partial charge on any atom is 0.416 e. The molecule has 19 heavy (non-hydrogen) atoms. The Morgan fingerprint density at radius 2 is 1.95 bits per heavy atom. The molecule has 1 aromatic carbocycles. The van der Waals surface area contributed by atoms with Gasteiger partial charge in [-0.25, -0.2) is 0 Å². The molecule has 2 aromatic rings. The highest BCUT2D eigenvalue weighted by atomic mass is 19.4. The highest BCUT2D eigenvalue weighted by molar-refractivity contribution is 5.46. The minimum Gasteiger partial charge on any atom is -0.469 e. The smallest absolute Gasteiger partial charge is 0.416 e. The third-order valence-corrected chi connectivity index (χ3v) is 2.70. The summed E-state index contributed by atoms with van der Waals surface area (Å²) >= 11 is 0. The number of aryl methyl sites for hydroxylation is 1. The summed E-state index contributed by atoms with van der Waals surface area (Å²) < 4.78 is 42.7. The van der Waals surface area contributed by atoms with E-state index in [1.54, 1.807) is 12.3 Å². The molecular weight excluding hydrogens is 255 g/mol. The van der Waals surface area contributed by atoms with Gasteiger partial charge in [0.25, 0.3) is 0 Å². The van der Waals surface area contributed by atoms with Gasteiger partial charge in [-0.1, -0.05) is 6.07 Å². The van der Waals surface area contributed by atoms with Crippen molar-refractivity contribution in [3.8, 4) is 0 Å². The first-order chi connectivity index (χ1) is 9.05. The van der Waals surface area contributed by atoms with Gasteiger partial charge in [0.1, 0.15) is 5.76 Å². The molecule has 0 saturated carbocycles. The topological polar surface area (TPSA) is 25.2 Å². The summed E-state index contributed by atoms with van der Waals surface area (Å²) in [6.07, 6.45) is -1.13. The van der Waals surface area contributed by atoms with Crippen LogP contribution in [0, 0.1) is 0 Å². The maximum atomic E-state index is 12.5. The van der Waals surface area contributed by atoms with E-state index in [9.17, 15) is 13.2 Å². The highest BCUT2D eigenvalue weighted by Crippen LogP contribution is 2.30. The van der Waals surface area contributed by atoms with Crippen molar-refractivity contribution < 1.29 is 17.6 Å². The van der Waals surface area contributed by atoms with Gasteiger partial charge in [0.15, 0.2) is 0 Å². The molecule has 1 aromatic heterocycles. The van der Waals surface area contributed by atoms with Gasteiger partial charge in [-0.05, 0) is 36.8 Å². The van der Waals surface area contributed by atoms with Crippen molar-refractivity contribution in [2.75, 3.05) is 11.9 Å². The van der Waals surface area contributed by atoms with Gasteiger partial charge < -0.3 is 9.73 Å². The minimum atomic E-state index is -4.30. The number of rotatable bonds is 5. The Balaban J connectivity index is 1.83. The molecule has 0 spiro atoms. The number of halogens is 3. The van der Waals surface area contributed by atoms with Crippen molar-refractivity contribution in [3.63, 3.8) is 0 Å². The summed E-state index contributed by atoms with van der Waals surface area (Å²) in [7, 11) is 0. The van der Waals surface area contributed by atoms with Crippen LogP contribution in [-0.2, 0) is 12.6 Å². The van der Waals surface area contributed by atoms with Crippen molar-refractivity contribution in [1.29, 1.82) is 0 Å². The quantitative estimate of drug-likeness (QED) is 0.817. The Bertz CT molecular complexity index is 506. The second kappa shape index (κ2) is 5.82. The van der Waals surface area contributed by atoms with Crippen molar-refractivity contribution >= 4 is 5.69 Å². The SMILES string of the molecule is FC(F)(F)c1cccc(NCCCc2ccco2)c1. The van der Waals surface area contributed by atoms with Crippen LogP contribution in [0.2, 0.25) is 0 Å². The van der Waals surface area contributed by atoms with Crippen LogP contribution in [0.15, 0.2) is 47.1 Å². The molecule has 2 nitrogen and oxygen atoms in total. The molecule has 0 aliphatic rings. The minimum absolute atomic E-state index is 0.481. The fourth-order valence-corrected chi connectivity index (χ4v) is 1.76. The lowest BCUT2D eigenvalue weighted by molar-refractivity contribution is -0.137. The van der Waals surface area contributed by atoms with Gasteiger partial charge >= 0.3 is 6.18 Å². The van der Waals surface area contributed by atoms with Gasteiger partial charge in [0.05, 0.1) is 11.8 Å². The molecule has 0 aliphatic heterocycles. The molecule has 0 atom stereocenters. The van der Waals surface area contributed by atoms with Crippen LogP contribution >= 0.6 is 0 Å². The highest BCUT2D eigenvalue weighted by Gasteiger charge is 2.30. The average Bonchev–Trinajstić information content (AvgIpc) is 2.87. The maximum absolute atomic E-state index is 12.5. The normalized spacial score (nSPS) is 11.5. The molecular formula is C14H14F3NO. The monoisotopic (exact) mass is 269 g/mol. The lowest BCUT2D eigenvalue weighted by Gasteiger charge is -2.10. The van der Waals surface area contributed by atoms with Crippen LogP contribution in [0.5, 0.6) is 0 Å². The van der Waals surface area contributed by atoms with E-state index in [0.29, 0.717) is 12.2 Å². The molecule has 1 heterocycles. The van der Waals surface area contributed by atoms with E-state index in [2.05, 4.69) is 5.32 Å². The zero-order chi connectivity index (χ0) is 13.7. The number of furan rings is 1. The Morgan fingerprint density at radius 3 is 2.63 bits per heavy atom.